The first-order valence-electron chi connectivity index (χ1n) is 13.1. The molecule has 1 spiro atoms. The van der Waals surface area contributed by atoms with E-state index in [1.807, 2.05) is 12.1 Å². The predicted octanol–water partition coefficient (Wildman–Crippen LogP) is 4.98. The highest BCUT2D eigenvalue weighted by atomic mass is 16.5. The number of phenolic OH excluding ortho intramolecular Hbond substituents is 1. The zero-order valence-electron chi connectivity index (χ0n) is 21.1. The summed E-state index contributed by atoms with van der Waals surface area (Å²) >= 11 is 0. The molecule has 0 radical (unpaired) electrons. The summed E-state index contributed by atoms with van der Waals surface area (Å²) in [6, 6.07) is 20.6. The maximum atomic E-state index is 10.9. The number of guanidine groups is 1. The molecule has 5 atom stereocenters. The Morgan fingerprint density at radius 1 is 1.00 bits per heavy atom. The molecule has 3 aromatic rings. The van der Waals surface area contributed by atoms with Gasteiger partial charge >= 0.3 is 0 Å². The summed E-state index contributed by atoms with van der Waals surface area (Å²) in [5, 5.41) is 25.2. The number of ether oxygens (including phenoxy) is 1. The highest BCUT2D eigenvalue weighted by molar-refractivity contribution is 5.96. The summed E-state index contributed by atoms with van der Waals surface area (Å²) in [6.45, 7) is 4.93. The molecule has 4 aliphatic rings. The van der Waals surface area contributed by atoms with Crippen molar-refractivity contribution in [3.8, 4) is 11.5 Å². The minimum Gasteiger partial charge on any atom is -0.504 e. The van der Waals surface area contributed by atoms with Gasteiger partial charge in [-0.05, 0) is 62.6 Å². The number of piperidine rings is 1. The summed E-state index contributed by atoms with van der Waals surface area (Å²) in [6.07, 6.45) is 4.57. The van der Waals surface area contributed by atoms with Gasteiger partial charge in [0.2, 0.25) is 5.96 Å². The second-order valence-electron chi connectivity index (χ2n) is 10.9. The van der Waals surface area contributed by atoms with E-state index in [4.69, 9.17) is 9.73 Å². The van der Waals surface area contributed by atoms with Crippen LogP contribution in [0.2, 0.25) is 0 Å². The van der Waals surface area contributed by atoms with E-state index in [2.05, 4.69) is 78.7 Å². The van der Waals surface area contributed by atoms with Crippen LogP contribution in [0.3, 0.4) is 0 Å². The number of hydrogen-bond acceptors (Lipinski definition) is 4. The topological polar surface area (TPSA) is 77.3 Å². The Morgan fingerprint density at radius 2 is 1.73 bits per heavy atom. The summed E-state index contributed by atoms with van der Waals surface area (Å²) in [7, 11) is 0. The van der Waals surface area contributed by atoms with Crippen molar-refractivity contribution >= 4 is 17.3 Å². The first-order chi connectivity index (χ1) is 17.9. The number of nitrogens with zero attached hydrogens (tertiary/aromatic N) is 2. The molecule has 3 aromatic carbocycles. The number of rotatable bonds is 2. The molecule has 2 aliphatic carbocycles. The van der Waals surface area contributed by atoms with Gasteiger partial charge in [-0.25, -0.2) is 4.99 Å². The smallest absolute Gasteiger partial charge is 0.203 e. The van der Waals surface area contributed by atoms with E-state index in [0.29, 0.717) is 5.75 Å². The molecule has 3 N–H and O–H groups in total. The van der Waals surface area contributed by atoms with Gasteiger partial charge in [-0.2, -0.15) is 0 Å². The number of aryl methyl sites for hydroxylation is 2. The molecule has 188 valence electrons. The van der Waals surface area contributed by atoms with Gasteiger partial charge < -0.3 is 25.2 Å². The predicted molar refractivity (Wildman–Crippen MR) is 145 cm³/mol. The van der Waals surface area contributed by atoms with Crippen molar-refractivity contribution in [2.75, 3.05) is 11.9 Å². The number of phenols is 1. The van der Waals surface area contributed by atoms with Crippen LogP contribution in [0, 0.1) is 19.8 Å². The normalized spacial score (nSPS) is 29.1. The third kappa shape index (κ3) is 3.32. The van der Waals surface area contributed by atoms with Crippen LogP contribution >= 0.6 is 0 Å². The summed E-state index contributed by atoms with van der Waals surface area (Å²) < 4.78 is 6.32. The Morgan fingerprint density at radius 3 is 2.49 bits per heavy atom. The Bertz CT molecular complexity index is 1430. The third-order valence-corrected chi connectivity index (χ3v) is 8.72. The zero-order chi connectivity index (χ0) is 25.3. The van der Waals surface area contributed by atoms with E-state index >= 15 is 0 Å². The van der Waals surface area contributed by atoms with Crippen LogP contribution in [0.5, 0.6) is 11.5 Å². The fourth-order valence-corrected chi connectivity index (χ4v) is 6.99. The first-order valence-corrected chi connectivity index (χ1v) is 13.1. The summed E-state index contributed by atoms with van der Waals surface area (Å²) in [5.41, 5.74) is 6.25. The van der Waals surface area contributed by atoms with Gasteiger partial charge in [-0.3, -0.25) is 0 Å². The van der Waals surface area contributed by atoms with Crippen molar-refractivity contribution in [1.82, 2.24) is 4.90 Å². The lowest BCUT2D eigenvalue weighted by molar-refractivity contribution is -0.0362. The second kappa shape index (κ2) is 8.12. The van der Waals surface area contributed by atoms with Crippen molar-refractivity contribution in [1.29, 1.82) is 0 Å². The van der Waals surface area contributed by atoms with Crippen LogP contribution in [-0.2, 0) is 11.8 Å². The molecule has 1 unspecified atom stereocenters. The molecule has 6 nitrogen and oxygen atoms in total. The fraction of sp³-hybridized carbons (Fsp3) is 0.323. The quantitative estimate of drug-likeness (QED) is 0.267. The van der Waals surface area contributed by atoms with Gasteiger partial charge in [0, 0.05) is 35.2 Å². The van der Waals surface area contributed by atoms with Crippen LogP contribution in [0.4, 0.5) is 11.4 Å². The standard InChI is InChI=1S/C31H31N3O3/c1-18-3-8-21(9-4-18)32-30(33-22-10-5-19(2)6-11-22)34-16-15-31-23-12-14-26(36)29(31)37-28-25(35)13-7-20(27(28)31)17-24(23)34/h3-14,23-24,26,29,35-36H,15-17H2,1-2H3,(H,32,33)/t23?,24-,26+,29+,31+/m1/s1. The molecule has 1 saturated heterocycles. The van der Waals surface area contributed by atoms with Gasteiger partial charge in [-0.15, -0.1) is 0 Å². The average Bonchev–Trinajstić information content (AvgIpc) is 3.25. The van der Waals surface area contributed by atoms with Crippen LogP contribution in [-0.4, -0.2) is 45.9 Å². The second-order valence-corrected chi connectivity index (χ2v) is 10.9. The molecule has 0 amide bonds. The molecule has 0 aromatic heterocycles. The van der Waals surface area contributed by atoms with E-state index in [1.54, 1.807) is 6.07 Å². The Balaban J connectivity index is 1.34. The van der Waals surface area contributed by atoms with Gasteiger partial charge in [0.05, 0.1) is 5.69 Å². The maximum Gasteiger partial charge on any atom is 0.203 e. The number of nitrogens with one attached hydrogen (secondary N) is 1. The van der Waals surface area contributed by atoms with E-state index in [-0.39, 0.29) is 23.1 Å². The number of aromatic hydroxyl groups is 1. The van der Waals surface area contributed by atoms with Crippen molar-refractivity contribution in [2.45, 2.75) is 50.4 Å². The van der Waals surface area contributed by atoms with Crippen LogP contribution < -0.4 is 10.1 Å². The average molecular weight is 494 g/mol. The minimum atomic E-state index is -0.701. The van der Waals surface area contributed by atoms with Crippen molar-refractivity contribution in [2.24, 2.45) is 10.9 Å². The molecule has 7 rings (SSSR count). The number of benzene rings is 3. The maximum absolute atomic E-state index is 10.9. The fourth-order valence-electron chi connectivity index (χ4n) is 6.99. The Hall–Kier alpha value is -3.77. The van der Waals surface area contributed by atoms with Gasteiger partial charge in [-0.1, -0.05) is 53.6 Å². The van der Waals surface area contributed by atoms with Crippen molar-refractivity contribution < 1.29 is 14.9 Å². The number of aliphatic hydroxyl groups is 1. The van der Waals surface area contributed by atoms with E-state index in [1.165, 1.54) is 16.7 Å². The largest absolute Gasteiger partial charge is 0.504 e. The lowest BCUT2D eigenvalue weighted by atomic mass is 9.53. The van der Waals surface area contributed by atoms with Crippen LogP contribution in [0.1, 0.15) is 28.7 Å². The molecule has 0 saturated carbocycles. The molecule has 2 bridgehead atoms. The monoisotopic (exact) mass is 493 g/mol. The van der Waals surface area contributed by atoms with Crippen molar-refractivity contribution in [3.63, 3.8) is 0 Å². The van der Waals surface area contributed by atoms with Gasteiger partial charge in [0.15, 0.2) is 11.5 Å². The third-order valence-electron chi connectivity index (χ3n) is 8.72. The lowest BCUT2D eigenvalue weighted by Crippen LogP contribution is -2.66. The van der Waals surface area contributed by atoms with Crippen LogP contribution in [0.15, 0.2) is 77.8 Å². The Labute approximate surface area is 216 Å². The number of aliphatic hydroxyl groups excluding tert-OH is 1. The highest BCUT2D eigenvalue weighted by Crippen LogP contribution is 2.62. The summed E-state index contributed by atoms with van der Waals surface area (Å²) in [4.78, 5) is 7.53. The molecule has 37 heavy (non-hydrogen) atoms. The first kappa shape index (κ1) is 22.4. The van der Waals surface area contributed by atoms with E-state index in [0.717, 1.165) is 42.3 Å². The van der Waals surface area contributed by atoms with E-state index in [9.17, 15) is 10.2 Å². The minimum absolute atomic E-state index is 0.133. The number of aliphatic imine (C=N–C) groups is 1. The van der Waals surface area contributed by atoms with E-state index < -0.39 is 12.2 Å². The molecule has 2 aliphatic heterocycles. The zero-order valence-corrected chi connectivity index (χ0v) is 21.1. The van der Waals surface area contributed by atoms with Crippen LogP contribution in [0.25, 0.3) is 0 Å². The molecular weight excluding hydrogens is 462 g/mol. The van der Waals surface area contributed by atoms with Gasteiger partial charge in [0.25, 0.3) is 0 Å². The molecule has 2 heterocycles. The summed E-state index contributed by atoms with van der Waals surface area (Å²) in [5.74, 6) is 1.68. The van der Waals surface area contributed by atoms with Crippen molar-refractivity contribution in [3.05, 3.63) is 95.1 Å². The highest BCUT2D eigenvalue weighted by Gasteiger charge is 2.65. The molecular formula is C31H31N3O3. The lowest BCUT2D eigenvalue weighted by Gasteiger charge is -2.57. The SMILES string of the molecule is Cc1ccc(N=C(Nc2ccc(C)cc2)N2CC[C@]34c5c6ccc(O)c5O[C@H]3[C@@H](O)C=CC4[C@H]2C6)cc1. The molecule has 6 heteroatoms. The number of hydrogen-bond donors (Lipinski definition) is 3. The van der Waals surface area contributed by atoms with Gasteiger partial charge in [0.1, 0.15) is 12.2 Å². The number of anilines is 1. The Kier molecular flexibility index (Phi) is 4.92. The number of likely N-dealkylation sites (tertiary alicyclic amines) is 1. The molecule has 1 fully saturated rings.